The Morgan fingerprint density at radius 3 is 2.68 bits per heavy atom. The molecule has 0 saturated carbocycles. The lowest BCUT2D eigenvalue weighted by molar-refractivity contribution is -0.119. The molecule has 8 heteroatoms. The first kappa shape index (κ1) is 17.1. The minimum absolute atomic E-state index is 0.326. The molecular weight excluding hydrogens is 326 g/mol. The summed E-state index contributed by atoms with van der Waals surface area (Å²) in [6, 6.07) is 4.55. The molecule has 1 amide bonds. The summed E-state index contributed by atoms with van der Waals surface area (Å²) in [5.74, 6) is -0.326. The molecule has 2 rings (SSSR count). The molecule has 0 aliphatic carbocycles. The van der Waals surface area contributed by atoms with Gasteiger partial charge in [0.15, 0.2) is 0 Å². The third-order valence-corrected chi connectivity index (χ3v) is 5.15. The summed E-state index contributed by atoms with van der Waals surface area (Å²) >= 11 is 5.99. The molecule has 1 heterocycles. The van der Waals surface area contributed by atoms with Crippen LogP contribution in [0.15, 0.2) is 18.2 Å². The fraction of sp³-hybridized carbons (Fsp3) is 0.500. The zero-order valence-electron chi connectivity index (χ0n) is 12.8. The summed E-state index contributed by atoms with van der Waals surface area (Å²) in [6.45, 7) is 0.382. The lowest BCUT2D eigenvalue weighted by Gasteiger charge is -2.23. The normalized spacial score (nSPS) is 19.2. The van der Waals surface area contributed by atoms with Gasteiger partial charge < -0.3 is 10.2 Å². The minimum atomic E-state index is -3.39. The van der Waals surface area contributed by atoms with Gasteiger partial charge in [0, 0.05) is 25.7 Å². The van der Waals surface area contributed by atoms with Crippen LogP contribution in [0.25, 0.3) is 0 Å². The number of carbonyl (C=O) groups excluding carboxylic acids is 1. The van der Waals surface area contributed by atoms with E-state index in [1.807, 2.05) is 19.0 Å². The molecule has 1 N–H and O–H groups in total. The van der Waals surface area contributed by atoms with Crippen molar-refractivity contribution in [2.24, 2.45) is 0 Å². The molecule has 0 aromatic heterocycles. The Hall–Kier alpha value is -1.31. The van der Waals surface area contributed by atoms with E-state index in [9.17, 15) is 13.2 Å². The van der Waals surface area contributed by atoms with E-state index in [1.165, 1.54) is 4.31 Å². The van der Waals surface area contributed by atoms with Crippen LogP contribution in [0.2, 0.25) is 5.02 Å². The number of halogens is 1. The first-order valence-electron chi connectivity index (χ1n) is 6.94. The molecule has 0 spiro atoms. The van der Waals surface area contributed by atoms with Crippen molar-refractivity contribution in [2.75, 3.05) is 37.1 Å². The molecule has 1 aromatic carbocycles. The number of nitrogens with one attached hydrogen (secondary N) is 1. The van der Waals surface area contributed by atoms with Crippen LogP contribution in [0, 0.1) is 0 Å². The monoisotopic (exact) mass is 345 g/mol. The second-order valence-electron chi connectivity index (χ2n) is 5.58. The Labute approximate surface area is 136 Å². The van der Waals surface area contributed by atoms with Crippen molar-refractivity contribution in [3.05, 3.63) is 23.2 Å². The largest absolute Gasteiger partial charge is 0.376 e. The average Bonchev–Trinajstić information content (AvgIpc) is 2.87. The summed E-state index contributed by atoms with van der Waals surface area (Å²) in [6.07, 6.45) is 2.33. The van der Waals surface area contributed by atoms with Crippen molar-refractivity contribution in [2.45, 2.75) is 18.9 Å². The van der Waals surface area contributed by atoms with Gasteiger partial charge in [0.2, 0.25) is 15.9 Å². The standard InChI is InChI=1S/C14H20ClN3O3S/c1-17(2)12-7-6-10(15)9-11(12)16-14(19)13-5-4-8-18(13)22(3,20)21/h6-7,9,13H,4-5,8H2,1-3H3,(H,16,19)/t13-/m0/s1. The molecular formula is C14H20ClN3O3S. The highest BCUT2D eigenvalue weighted by molar-refractivity contribution is 7.88. The van der Waals surface area contributed by atoms with E-state index in [2.05, 4.69) is 5.32 Å². The van der Waals surface area contributed by atoms with E-state index in [4.69, 9.17) is 11.6 Å². The lowest BCUT2D eigenvalue weighted by Crippen LogP contribution is -2.42. The zero-order valence-corrected chi connectivity index (χ0v) is 14.4. The van der Waals surface area contributed by atoms with Crippen molar-refractivity contribution < 1.29 is 13.2 Å². The van der Waals surface area contributed by atoms with Gasteiger partial charge in [0.25, 0.3) is 0 Å². The van der Waals surface area contributed by atoms with Crippen molar-refractivity contribution in [1.82, 2.24) is 4.31 Å². The second-order valence-corrected chi connectivity index (χ2v) is 7.95. The van der Waals surface area contributed by atoms with Crippen LogP contribution in [0.1, 0.15) is 12.8 Å². The van der Waals surface area contributed by atoms with Crippen LogP contribution < -0.4 is 10.2 Å². The number of anilines is 2. The van der Waals surface area contributed by atoms with Crippen molar-refractivity contribution in [3.8, 4) is 0 Å². The molecule has 1 saturated heterocycles. The molecule has 22 heavy (non-hydrogen) atoms. The Bertz CT molecular complexity index is 676. The second kappa shape index (κ2) is 6.44. The quantitative estimate of drug-likeness (QED) is 0.903. The molecule has 1 aliphatic rings. The molecule has 1 fully saturated rings. The summed E-state index contributed by atoms with van der Waals surface area (Å²) < 4.78 is 24.7. The predicted octanol–water partition coefficient (Wildman–Crippen LogP) is 1.77. The first-order valence-corrected chi connectivity index (χ1v) is 9.17. The zero-order chi connectivity index (χ0) is 16.5. The van der Waals surface area contributed by atoms with E-state index < -0.39 is 16.1 Å². The molecule has 1 atom stereocenters. The number of hydrogen-bond acceptors (Lipinski definition) is 4. The van der Waals surface area contributed by atoms with Gasteiger partial charge in [-0.15, -0.1) is 0 Å². The number of nitrogens with zero attached hydrogens (tertiary/aromatic N) is 2. The number of sulfonamides is 1. The molecule has 0 radical (unpaired) electrons. The average molecular weight is 346 g/mol. The van der Waals surface area contributed by atoms with Gasteiger partial charge in [-0.3, -0.25) is 4.79 Å². The maximum atomic E-state index is 12.5. The van der Waals surface area contributed by atoms with Gasteiger partial charge in [0.1, 0.15) is 6.04 Å². The van der Waals surface area contributed by atoms with Gasteiger partial charge in [-0.25, -0.2) is 8.42 Å². The van der Waals surface area contributed by atoms with E-state index >= 15 is 0 Å². The van der Waals surface area contributed by atoms with Gasteiger partial charge in [-0.1, -0.05) is 11.6 Å². The summed E-state index contributed by atoms with van der Waals surface area (Å²) in [4.78, 5) is 14.3. The van der Waals surface area contributed by atoms with E-state index in [0.29, 0.717) is 30.1 Å². The topological polar surface area (TPSA) is 69.7 Å². The van der Waals surface area contributed by atoms with E-state index in [1.54, 1.807) is 18.2 Å². The maximum Gasteiger partial charge on any atom is 0.242 e. The third kappa shape index (κ3) is 3.71. The summed E-state index contributed by atoms with van der Waals surface area (Å²) in [5, 5.41) is 3.31. The SMILES string of the molecule is CN(C)c1ccc(Cl)cc1NC(=O)[C@@H]1CCCN1S(C)(=O)=O. The minimum Gasteiger partial charge on any atom is -0.376 e. The predicted molar refractivity (Wildman–Crippen MR) is 89.0 cm³/mol. The van der Waals surface area contributed by atoms with Crippen LogP contribution in [0.5, 0.6) is 0 Å². The number of carbonyl (C=O) groups is 1. The summed E-state index contributed by atoms with van der Waals surface area (Å²) in [5.41, 5.74) is 1.38. The highest BCUT2D eigenvalue weighted by Crippen LogP contribution is 2.29. The highest BCUT2D eigenvalue weighted by atomic mass is 35.5. The number of hydrogen-bond donors (Lipinski definition) is 1. The smallest absolute Gasteiger partial charge is 0.242 e. The molecule has 1 aliphatic heterocycles. The fourth-order valence-corrected chi connectivity index (χ4v) is 3.91. The molecule has 6 nitrogen and oxygen atoms in total. The van der Waals surface area contributed by atoms with E-state index in [-0.39, 0.29) is 5.91 Å². The fourth-order valence-electron chi connectivity index (χ4n) is 2.61. The maximum absolute atomic E-state index is 12.5. The van der Waals surface area contributed by atoms with Gasteiger partial charge in [0.05, 0.1) is 17.6 Å². The third-order valence-electron chi connectivity index (χ3n) is 3.63. The summed E-state index contributed by atoms with van der Waals surface area (Å²) in [7, 11) is 0.329. The molecule has 1 aromatic rings. The lowest BCUT2D eigenvalue weighted by atomic mass is 10.2. The first-order chi connectivity index (χ1) is 10.2. The van der Waals surface area contributed by atoms with Crippen LogP contribution in [-0.4, -0.2) is 51.6 Å². The van der Waals surface area contributed by atoms with Crippen LogP contribution in [0.4, 0.5) is 11.4 Å². The van der Waals surface area contributed by atoms with Crippen molar-refractivity contribution >= 4 is 38.9 Å². The van der Waals surface area contributed by atoms with Crippen molar-refractivity contribution in [3.63, 3.8) is 0 Å². The number of amides is 1. The van der Waals surface area contributed by atoms with Crippen molar-refractivity contribution in [1.29, 1.82) is 0 Å². The van der Waals surface area contributed by atoms with Crippen LogP contribution in [-0.2, 0) is 14.8 Å². The number of rotatable bonds is 4. The molecule has 122 valence electrons. The van der Waals surface area contributed by atoms with E-state index in [0.717, 1.165) is 11.9 Å². The van der Waals surface area contributed by atoms with Crippen LogP contribution in [0.3, 0.4) is 0 Å². The highest BCUT2D eigenvalue weighted by Gasteiger charge is 2.36. The van der Waals surface area contributed by atoms with Crippen LogP contribution >= 0.6 is 11.6 Å². The number of benzene rings is 1. The molecule has 0 unspecified atom stereocenters. The Morgan fingerprint density at radius 2 is 2.09 bits per heavy atom. The Kier molecular flexibility index (Phi) is 4.99. The molecule has 0 bridgehead atoms. The van der Waals surface area contributed by atoms with Gasteiger partial charge >= 0.3 is 0 Å². The van der Waals surface area contributed by atoms with Gasteiger partial charge in [-0.2, -0.15) is 4.31 Å². The van der Waals surface area contributed by atoms with Gasteiger partial charge in [-0.05, 0) is 31.0 Å². The Morgan fingerprint density at radius 1 is 1.41 bits per heavy atom. The Balaban J connectivity index is 2.24.